The van der Waals surface area contributed by atoms with Crippen LogP contribution in [0.2, 0.25) is 5.02 Å². The Kier molecular flexibility index (Phi) is 4.18. The zero-order valence-corrected chi connectivity index (χ0v) is 9.60. The normalized spacial score (nSPS) is 11.1. The minimum absolute atomic E-state index is 0.0181. The largest absolute Gasteiger partial charge is 0.471 e. The van der Waals surface area contributed by atoms with E-state index in [4.69, 9.17) is 17.3 Å². The van der Waals surface area contributed by atoms with Gasteiger partial charge >= 0.3 is 12.1 Å². The summed E-state index contributed by atoms with van der Waals surface area (Å²) >= 11 is 5.66. The lowest BCUT2D eigenvalue weighted by atomic mass is 10.1. The van der Waals surface area contributed by atoms with Crippen LogP contribution in [0.4, 0.5) is 13.2 Å². The van der Waals surface area contributed by atoms with Crippen LogP contribution in [0, 0.1) is 0 Å². The standard InChI is InChI=1S/C10H8ClF3N2O2/c11-7-2-1-5(3-6(7)8(15)17)4-16-9(18)10(12,13)14/h1-3H,4H2,(H2,15,17)(H,16,18). The fraction of sp³-hybridized carbons (Fsp3) is 0.200. The molecular formula is C10H8ClF3N2O2. The molecule has 0 radical (unpaired) electrons. The third-order valence-electron chi connectivity index (χ3n) is 2.01. The van der Waals surface area contributed by atoms with Gasteiger partial charge in [0.05, 0.1) is 10.6 Å². The van der Waals surface area contributed by atoms with Gasteiger partial charge in [-0.3, -0.25) is 9.59 Å². The van der Waals surface area contributed by atoms with Gasteiger partial charge in [-0.2, -0.15) is 13.2 Å². The minimum Gasteiger partial charge on any atom is -0.366 e. The van der Waals surface area contributed by atoms with Crippen molar-refractivity contribution in [1.82, 2.24) is 5.32 Å². The molecule has 1 aromatic carbocycles. The summed E-state index contributed by atoms with van der Waals surface area (Å²) in [7, 11) is 0. The van der Waals surface area contributed by atoms with Crippen LogP contribution in [-0.4, -0.2) is 18.0 Å². The van der Waals surface area contributed by atoms with Gasteiger partial charge in [0.2, 0.25) is 5.91 Å². The number of amides is 2. The van der Waals surface area contributed by atoms with Gasteiger partial charge in [-0.05, 0) is 17.7 Å². The van der Waals surface area contributed by atoms with Crippen LogP contribution >= 0.6 is 11.6 Å². The molecule has 3 N–H and O–H groups in total. The molecule has 0 saturated heterocycles. The van der Waals surface area contributed by atoms with E-state index in [-0.39, 0.29) is 22.7 Å². The van der Waals surface area contributed by atoms with Crippen molar-refractivity contribution in [3.05, 3.63) is 34.3 Å². The third kappa shape index (κ3) is 3.63. The second-order valence-electron chi connectivity index (χ2n) is 3.36. The second-order valence-corrected chi connectivity index (χ2v) is 3.77. The van der Waals surface area contributed by atoms with E-state index in [0.717, 1.165) is 0 Å². The summed E-state index contributed by atoms with van der Waals surface area (Å²) in [6.07, 6.45) is -4.95. The van der Waals surface area contributed by atoms with E-state index < -0.39 is 18.0 Å². The molecule has 0 bridgehead atoms. The molecule has 0 spiro atoms. The molecule has 0 unspecified atom stereocenters. The Morgan fingerprint density at radius 2 is 1.94 bits per heavy atom. The number of nitrogens with one attached hydrogen (secondary N) is 1. The first kappa shape index (κ1) is 14.3. The van der Waals surface area contributed by atoms with Crippen LogP contribution < -0.4 is 11.1 Å². The van der Waals surface area contributed by atoms with Crippen molar-refractivity contribution in [2.75, 3.05) is 0 Å². The zero-order valence-electron chi connectivity index (χ0n) is 8.84. The highest BCUT2D eigenvalue weighted by Crippen LogP contribution is 2.18. The number of carbonyl (C=O) groups excluding carboxylic acids is 2. The van der Waals surface area contributed by atoms with Gasteiger partial charge in [-0.1, -0.05) is 17.7 Å². The molecule has 0 fully saturated rings. The highest BCUT2D eigenvalue weighted by Gasteiger charge is 2.38. The van der Waals surface area contributed by atoms with Gasteiger partial charge in [0.1, 0.15) is 0 Å². The molecule has 98 valence electrons. The van der Waals surface area contributed by atoms with Crippen LogP contribution in [0.1, 0.15) is 15.9 Å². The molecule has 0 saturated carbocycles. The molecule has 1 rings (SSSR count). The number of hydrogen-bond donors (Lipinski definition) is 2. The number of halogens is 4. The lowest BCUT2D eigenvalue weighted by molar-refractivity contribution is -0.173. The summed E-state index contributed by atoms with van der Waals surface area (Å²) in [5.41, 5.74) is 5.28. The molecule has 0 aliphatic carbocycles. The molecule has 0 atom stereocenters. The Labute approximate surface area is 105 Å². The maximum absolute atomic E-state index is 11.9. The quantitative estimate of drug-likeness (QED) is 0.883. The average Bonchev–Trinajstić information content (AvgIpc) is 2.25. The number of nitrogens with two attached hydrogens (primary N) is 1. The van der Waals surface area contributed by atoms with Gasteiger partial charge in [-0.25, -0.2) is 0 Å². The number of carbonyl (C=O) groups is 2. The molecule has 0 heterocycles. The third-order valence-corrected chi connectivity index (χ3v) is 2.34. The van der Waals surface area contributed by atoms with Crippen molar-refractivity contribution in [2.45, 2.75) is 12.7 Å². The van der Waals surface area contributed by atoms with Gasteiger partial charge in [0.15, 0.2) is 0 Å². The Balaban J connectivity index is 2.78. The monoisotopic (exact) mass is 280 g/mol. The molecule has 0 aliphatic heterocycles. The summed E-state index contributed by atoms with van der Waals surface area (Å²) in [5.74, 6) is -2.86. The van der Waals surface area contributed by atoms with E-state index in [9.17, 15) is 22.8 Å². The van der Waals surface area contributed by atoms with Crippen LogP contribution in [0.15, 0.2) is 18.2 Å². The number of primary amides is 1. The number of rotatable bonds is 3. The Hall–Kier alpha value is -1.76. The highest BCUT2D eigenvalue weighted by atomic mass is 35.5. The molecule has 8 heteroatoms. The molecule has 1 aromatic rings. The van der Waals surface area contributed by atoms with Crippen molar-refractivity contribution in [3.8, 4) is 0 Å². The molecule has 4 nitrogen and oxygen atoms in total. The van der Waals surface area contributed by atoms with Gasteiger partial charge in [0.25, 0.3) is 0 Å². The van der Waals surface area contributed by atoms with Crippen molar-refractivity contribution < 1.29 is 22.8 Å². The smallest absolute Gasteiger partial charge is 0.366 e. The topological polar surface area (TPSA) is 72.2 Å². The summed E-state index contributed by atoms with van der Waals surface area (Å²) < 4.78 is 35.7. The van der Waals surface area contributed by atoms with Crippen molar-refractivity contribution in [2.24, 2.45) is 5.73 Å². The summed E-state index contributed by atoms with van der Waals surface area (Å²) in [5, 5.41) is 1.76. The summed E-state index contributed by atoms with van der Waals surface area (Å²) in [6, 6.07) is 3.92. The number of benzene rings is 1. The van der Waals surface area contributed by atoms with Crippen LogP contribution in [0.5, 0.6) is 0 Å². The minimum atomic E-state index is -4.95. The Bertz CT molecular complexity index is 489. The highest BCUT2D eigenvalue weighted by molar-refractivity contribution is 6.33. The first-order valence-corrected chi connectivity index (χ1v) is 5.03. The molecular weight excluding hydrogens is 273 g/mol. The van der Waals surface area contributed by atoms with E-state index in [0.29, 0.717) is 0 Å². The molecule has 0 aromatic heterocycles. The lowest BCUT2D eigenvalue weighted by Crippen LogP contribution is -2.36. The van der Waals surface area contributed by atoms with E-state index in [1.165, 1.54) is 18.2 Å². The van der Waals surface area contributed by atoms with Gasteiger partial charge in [0, 0.05) is 6.54 Å². The Morgan fingerprint density at radius 1 is 1.33 bits per heavy atom. The van der Waals surface area contributed by atoms with E-state index in [2.05, 4.69) is 0 Å². The predicted octanol–water partition coefficient (Wildman–Crippen LogP) is 1.62. The summed E-state index contributed by atoms with van der Waals surface area (Å²) in [6.45, 7) is -0.379. The van der Waals surface area contributed by atoms with Crippen molar-refractivity contribution in [1.29, 1.82) is 0 Å². The predicted molar refractivity (Wildman–Crippen MR) is 57.9 cm³/mol. The lowest BCUT2D eigenvalue weighted by Gasteiger charge is -2.09. The van der Waals surface area contributed by atoms with E-state index >= 15 is 0 Å². The van der Waals surface area contributed by atoms with Gasteiger partial charge < -0.3 is 11.1 Å². The van der Waals surface area contributed by atoms with Crippen LogP contribution in [-0.2, 0) is 11.3 Å². The maximum atomic E-state index is 11.9. The fourth-order valence-electron chi connectivity index (χ4n) is 1.15. The average molecular weight is 281 g/mol. The van der Waals surface area contributed by atoms with Gasteiger partial charge in [-0.15, -0.1) is 0 Å². The van der Waals surface area contributed by atoms with E-state index in [1.807, 2.05) is 0 Å². The summed E-state index contributed by atoms with van der Waals surface area (Å²) in [4.78, 5) is 21.5. The first-order chi connectivity index (χ1) is 8.21. The first-order valence-electron chi connectivity index (χ1n) is 4.65. The number of alkyl halides is 3. The molecule has 2 amide bonds. The molecule has 0 aliphatic rings. The van der Waals surface area contributed by atoms with Crippen LogP contribution in [0.25, 0.3) is 0 Å². The van der Waals surface area contributed by atoms with Crippen molar-refractivity contribution in [3.63, 3.8) is 0 Å². The van der Waals surface area contributed by atoms with Crippen molar-refractivity contribution >= 4 is 23.4 Å². The molecule has 18 heavy (non-hydrogen) atoms. The SMILES string of the molecule is NC(=O)c1cc(CNC(=O)C(F)(F)F)ccc1Cl. The number of hydrogen-bond acceptors (Lipinski definition) is 2. The Morgan fingerprint density at radius 3 is 2.44 bits per heavy atom. The van der Waals surface area contributed by atoms with Crippen LogP contribution in [0.3, 0.4) is 0 Å². The van der Waals surface area contributed by atoms with E-state index in [1.54, 1.807) is 5.32 Å². The zero-order chi connectivity index (χ0) is 13.9. The fourth-order valence-corrected chi connectivity index (χ4v) is 1.36. The second kappa shape index (κ2) is 5.26. The maximum Gasteiger partial charge on any atom is 0.471 e.